The maximum absolute atomic E-state index is 8.63. The minimum atomic E-state index is -0.254. The second-order valence-electron chi connectivity index (χ2n) is 7.91. The molecule has 0 saturated carbocycles. The minimum Gasteiger partial charge on any atom is -0.508 e. The van der Waals surface area contributed by atoms with Crippen LogP contribution >= 0.6 is 0 Å². The molecule has 0 amide bonds. The largest absolute Gasteiger partial charge is 0.508 e. The summed E-state index contributed by atoms with van der Waals surface area (Å²) in [6.07, 6.45) is 0. The molecule has 0 radical (unpaired) electrons. The molecule has 6 rings (SSSR count). The van der Waals surface area contributed by atoms with E-state index in [1.807, 2.05) is 47.6 Å². The first-order chi connectivity index (χ1) is 20.8. The Kier molecular flexibility index (Phi) is 20.3. The van der Waals surface area contributed by atoms with Gasteiger partial charge in [0.1, 0.15) is 5.75 Å². The van der Waals surface area contributed by atoms with Crippen molar-refractivity contribution in [1.82, 2.24) is 0 Å². The van der Waals surface area contributed by atoms with Crippen LogP contribution in [0, 0.1) is 0 Å². The number of benzene rings is 5. The number of fused-ring (bicyclic) bond motifs is 3. The van der Waals surface area contributed by atoms with Crippen molar-refractivity contribution >= 4 is 0 Å². The zero-order valence-corrected chi connectivity index (χ0v) is 26.6. The molecule has 1 aliphatic rings. The zero-order chi connectivity index (χ0) is 31.8. The van der Waals surface area contributed by atoms with Crippen molar-refractivity contribution in [3.8, 4) is 16.9 Å². The van der Waals surface area contributed by atoms with Crippen molar-refractivity contribution in [3.05, 3.63) is 162 Å². The monoisotopic (exact) mass is 566 g/mol. The van der Waals surface area contributed by atoms with E-state index >= 15 is 0 Å². The molecule has 0 saturated heterocycles. The van der Waals surface area contributed by atoms with Gasteiger partial charge in [-0.2, -0.15) is 0 Å². The molecule has 5 aromatic rings. The first-order valence-electron chi connectivity index (χ1n) is 14.8. The lowest BCUT2D eigenvalue weighted by Crippen LogP contribution is -2.28. The van der Waals surface area contributed by atoms with Crippen LogP contribution < -0.4 is 0 Å². The van der Waals surface area contributed by atoms with Gasteiger partial charge in [-0.05, 0) is 45.5 Å². The van der Waals surface area contributed by atoms with Crippen LogP contribution in [0.25, 0.3) is 11.1 Å². The van der Waals surface area contributed by atoms with Gasteiger partial charge in [0.25, 0.3) is 0 Å². The Labute approximate surface area is 254 Å². The van der Waals surface area contributed by atoms with Crippen LogP contribution in [0.1, 0.15) is 63.8 Å². The predicted octanol–water partition coefficient (Wildman–Crippen LogP) is 9.74. The van der Waals surface area contributed by atoms with Gasteiger partial charge in [0.15, 0.2) is 0 Å². The molecule has 0 bridgehead atoms. The van der Waals surface area contributed by atoms with Gasteiger partial charge >= 0.3 is 0 Å². The average molecular weight is 567 g/mol. The summed E-state index contributed by atoms with van der Waals surface area (Å²) in [4.78, 5) is 0. The van der Waals surface area contributed by atoms with Gasteiger partial charge in [0.2, 0.25) is 0 Å². The van der Waals surface area contributed by atoms with Crippen LogP contribution in [0.4, 0.5) is 0 Å². The van der Waals surface area contributed by atoms with Crippen molar-refractivity contribution in [2.45, 2.75) is 47.0 Å². The van der Waals surface area contributed by atoms with Crippen molar-refractivity contribution in [2.24, 2.45) is 0 Å². The molecule has 224 valence electrons. The molecule has 42 heavy (non-hydrogen) atoms. The number of hydrogen-bond acceptors (Lipinski definition) is 3. The van der Waals surface area contributed by atoms with Crippen LogP contribution in [0.3, 0.4) is 0 Å². The number of para-hydroxylation sites is 1. The number of phenolic OH excluding ortho intramolecular Hbond substituents is 1. The highest BCUT2D eigenvalue weighted by Gasteiger charge is 2.45. The van der Waals surface area contributed by atoms with Gasteiger partial charge in [-0.25, -0.2) is 0 Å². The van der Waals surface area contributed by atoms with E-state index in [1.54, 1.807) is 24.3 Å². The van der Waals surface area contributed by atoms with Gasteiger partial charge in [0.05, 0.1) is 5.41 Å². The first-order valence-corrected chi connectivity index (χ1v) is 14.8. The number of aliphatic hydroxyl groups is 2. The van der Waals surface area contributed by atoms with E-state index in [-0.39, 0.29) is 5.41 Å². The maximum atomic E-state index is 8.63. The Morgan fingerprint density at radius 3 is 0.905 bits per heavy atom. The summed E-state index contributed by atoms with van der Waals surface area (Å²) < 4.78 is 0. The third kappa shape index (κ3) is 8.91. The van der Waals surface area contributed by atoms with Crippen LogP contribution in [0.15, 0.2) is 140 Å². The number of aromatic hydroxyl groups is 1. The van der Waals surface area contributed by atoms with Crippen LogP contribution in [-0.2, 0) is 5.41 Å². The third-order valence-electron chi connectivity index (χ3n) is 6.12. The van der Waals surface area contributed by atoms with E-state index in [0.717, 1.165) is 14.2 Å². The molecule has 3 N–H and O–H groups in total. The Morgan fingerprint density at radius 1 is 0.357 bits per heavy atom. The number of hydrogen-bond donors (Lipinski definition) is 3. The van der Waals surface area contributed by atoms with Crippen LogP contribution in [0.2, 0.25) is 0 Å². The topological polar surface area (TPSA) is 60.7 Å². The van der Waals surface area contributed by atoms with E-state index in [4.69, 9.17) is 15.3 Å². The fourth-order valence-electron chi connectivity index (χ4n) is 4.83. The molecular formula is C39H50O3. The second kappa shape index (κ2) is 22.5. The molecule has 0 atom stereocenters. The van der Waals surface area contributed by atoms with Gasteiger partial charge in [-0.3, -0.25) is 0 Å². The lowest BCUT2D eigenvalue weighted by Gasteiger charge is -2.33. The lowest BCUT2D eigenvalue weighted by atomic mass is 9.68. The fourth-order valence-corrected chi connectivity index (χ4v) is 4.83. The Balaban J connectivity index is 0.000000833. The number of rotatable bonds is 2. The van der Waals surface area contributed by atoms with Crippen molar-refractivity contribution < 1.29 is 15.3 Å². The highest BCUT2D eigenvalue weighted by atomic mass is 16.3. The maximum Gasteiger partial charge on any atom is 0.115 e. The van der Waals surface area contributed by atoms with Crippen molar-refractivity contribution in [1.29, 1.82) is 0 Å². The number of phenols is 1. The quantitative estimate of drug-likeness (QED) is 0.195. The standard InChI is InChI=1S/C25H18.C6H6O.3C2H6.2CH4O/c1-3-11-19(12-4-1)25(20-13-5-2-6-14-20)23-17-9-7-15-21(23)22-16-8-10-18-24(22)25;7-6-4-2-1-3-5-6;5*1-2/h1-18H;1-5,7H;3*1-2H3;2*2H,1H3. The molecule has 0 fully saturated rings. The minimum absolute atomic E-state index is 0.254. The molecule has 0 aromatic heterocycles. The molecule has 5 aromatic carbocycles. The SMILES string of the molecule is CC.CC.CC.CO.CO.Oc1ccccc1.c1ccc(C2(c3ccccc3)c3ccccc3-c3ccccc32)cc1. The molecule has 0 spiro atoms. The molecule has 0 heterocycles. The lowest BCUT2D eigenvalue weighted by molar-refractivity contribution is 0.399. The van der Waals surface area contributed by atoms with Gasteiger partial charge in [-0.1, -0.05) is 169 Å². The van der Waals surface area contributed by atoms with E-state index in [9.17, 15) is 0 Å². The summed E-state index contributed by atoms with van der Waals surface area (Å²) in [6.45, 7) is 12.0. The molecule has 3 nitrogen and oxygen atoms in total. The molecule has 0 aliphatic heterocycles. The third-order valence-corrected chi connectivity index (χ3v) is 6.12. The summed E-state index contributed by atoms with van der Waals surface area (Å²) in [5, 5.41) is 22.6. The second-order valence-corrected chi connectivity index (χ2v) is 7.91. The van der Waals surface area contributed by atoms with Gasteiger partial charge in [0, 0.05) is 14.2 Å². The Morgan fingerprint density at radius 2 is 0.619 bits per heavy atom. The highest BCUT2D eigenvalue weighted by Crippen LogP contribution is 2.55. The van der Waals surface area contributed by atoms with Crippen LogP contribution in [-0.4, -0.2) is 29.5 Å². The van der Waals surface area contributed by atoms with Crippen molar-refractivity contribution in [3.63, 3.8) is 0 Å². The normalized spacial score (nSPS) is 10.4. The summed E-state index contributed by atoms with van der Waals surface area (Å²) >= 11 is 0. The van der Waals surface area contributed by atoms with Gasteiger partial charge < -0.3 is 15.3 Å². The molecule has 1 aliphatic carbocycles. The highest BCUT2D eigenvalue weighted by molar-refractivity contribution is 5.86. The summed E-state index contributed by atoms with van der Waals surface area (Å²) in [7, 11) is 2.00. The summed E-state index contributed by atoms with van der Waals surface area (Å²) in [6, 6.07) is 48.2. The zero-order valence-electron chi connectivity index (χ0n) is 26.6. The van der Waals surface area contributed by atoms with E-state index in [2.05, 4.69) is 109 Å². The molecular weight excluding hydrogens is 516 g/mol. The smallest absolute Gasteiger partial charge is 0.115 e. The van der Waals surface area contributed by atoms with Crippen molar-refractivity contribution in [2.75, 3.05) is 14.2 Å². The Hall–Kier alpha value is -4.18. The van der Waals surface area contributed by atoms with Gasteiger partial charge in [-0.15, -0.1) is 0 Å². The Bertz CT molecular complexity index is 1230. The van der Waals surface area contributed by atoms with E-state index in [1.165, 1.54) is 33.4 Å². The summed E-state index contributed by atoms with van der Waals surface area (Å²) in [5.74, 6) is 0.322. The average Bonchev–Trinajstić information content (AvgIpc) is 3.42. The molecule has 3 heteroatoms. The first kappa shape index (κ1) is 37.8. The number of aliphatic hydroxyl groups excluding tert-OH is 2. The summed E-state index contributed by atoms with van der Waals surface area (Å²) in [5.41, 5.74) is 7.80. The molecule has 0 unspecified atom stereocenters. The van der Waals surface area contributed by atoms with E-state index < -0.39 is 0 Å². The predicted molar refractivity (Wildman–Crippen MR) is 182 cm³/mol. The fraction of sp³-hybridized carbons (Fsp3) is 0.231. The van der Waals surface area contributed by atoms with Crippen LogP contribution in [0.5, 0.6) is 5.75 Å². The van der Waals surface area contributed by atoms with E-state index in [0.29, 0.717) is 5.75 Å².